The Labute approximate surface area is 150 Å². The lowest BCUT2D eigenvalue weighted by Gasteiger charge is -2.15. The quantitative estimate of drug-likeness (QED) is 0.584. The predicted molar refractivity (Wildman–Crippen MR) is 100 cm³/mol. The van der Waals surface area contributed by atoms with E-state index < -0.39 is 5.97 Å². The van der Waals surface area contributed by atoms with Crippen molar-refractivity contribution in [2.24, 2.45) is 4.99 Å². The zero-order chi connectivity index (χ0) is 17.6. The molecule has 0 aliphatic carbocycles. The monoisotopic (exact) mass is 359 g/mol. The van der Waals surface area contributed by atoms with Crippen molar-refractivity contribution in [1.82, 2.24) is 15.2 Å². The molecule has 1 aliphatic rings. The molecule has 1 aromatic carbocycles. The first kappa shape index (κ1) is 17.5. The Balaban J connectivity index is 1.59. The SMILES string of the molecule is CCCCN=C1CNN(c2ccc(Cn3cc(C(=O)O)cn3)cc2)S1. The first-order chi connectivity index (χ1) is 12.2. The molecule has 2 N–H and O–H groups in total. The van der Waals surface area contributed by atoms with Gasteiger partial charge in [-0.05, 0) is 24.1 Å². The summed E-state index contributed by atoms with van der Waals surface area (Å²) in [5, 5.41) is 14.1. The number of carbonyl (C=O) groups is 1. The summed E-state index contributed by atoms with van der Waals surface area (Å²) in [6.07, 6.45) is 5.17. The van der Waals surface area contributed by atoms with Crippen LogP contribution in [-0.4, -0.2) is 39.0 Å². The number of rotatable bonds is 7. The summed E-state index contributed by atoms with van der Waals surface area (Å²) in [6, 6.07) is 8.11. The van der Waals surface area contributed by atoms with E-state index in [1.54, 1.807) is 16.6 Å². The average Bonchev–Trinajstić information content (AvgIpc) is 3.26. The number of hydrogen-bond donors (Lipinski definition) is 2. The zero-order valence-corrected chi connectivity index (χ0v) is 14.9. The summed E-state index contributed by atoms with van der Waals surface area (Å²) in [5.41, 5.74) is 5.63. The van der Waals surface area contributed by atoms with Gasteiger partial charge >= 0.3 is 5.97 Å². The van der Waals surface area contributed by atoms with Gasteiger partial charge in [0.25, 0.3) is 0 Å². The lowest BCUT2D eigenvalue weighted by atomic mass is 10.2. The molecule has 1 saturated heterocycles. The summed E-state index contributed by atoms with van der Waals surface area (Å²) in [7, 11) is 0. The highest BCUT2D eigenvalue weighted by Gasteiger charge is 2.19. The molecular weight excluding hydrogens is 338 g/mol. The molecule has 132 valence electrons. The highest BCUT2D eigenvalue weighted by molar-refractivity contribution is 8.15. The minimum absolute atomic E-state index is 0.198. The number of unbranched alkanes of at least 4 members (excludes halogenated alkanes) is 1. The fraction of sp³-hybridized carbons (Fsp3) is 0.353. The molecule has 0 saturated carbocycles. The van der Waals surface area contributed by atoms with Crippen molar-refractivity contribution in [2.45, 2.75) is 26.3 Å². The molecule has 25 heavy (non-hydrogen) atoms. The summed E-state index contributed by atoms with van der Waals surface area (Å²) in [5.74, 6) is -0.963. The molecule has 1 aliphatic heterocycles. The van der Waals surface area contributed by atoms with Crippen molar-refractivity contribution in [1.29, 1.82) is 0 Å². The van der Waals surface area contributed by atoms with E-state index in [0.29, 0.717) is 6.54 Å². The van der Waals surface area contributed by atoms with Gasteiger partial charge in [0.15, 0.2) is 0 Å². The number of aromatic nitrogens is 2. The van der Waals surface area contributed by atoms with Gasteiger partial charge in [-0.25, -0.2) is 14.6 Å². The maximum absolute atomic E-state index is 10.9. The normalized spacial score (nSPS) is 15.9. The van der Waals surface area contributed by atoms with E-state index in [9.17, 15) is 4.79 Å². The third-order valence-corrected chi connectivity index (χ3v) is 4.77. The number of nitrogens with zero attached hydrogens (tertiary/aromatic N) is 4. The molecule has 0 bridgehead atoms. The minimum Gasteiger partial charge on any atom is -0.478 e. The summed E-state index contributed by atoms with van der Waals surface area (Å²) >= 11 is 1.62. The van der Waals surface area contributed by atoms with Gasteiger partial charge in [-0.15, -0.1) is 0 Å². The van der Waals surface area contributed by atoms with Gasteiger partial charge in [-0.2, -0.15) is 5.10 Å². The minimum atomic E-state index is -0.963. The van der Waals surface area contributed by atoms with Crippen molar-refractivity contribution >= 4 is 28.6 Å². The van der Waals surface area contributed by atoms with Crippen molar-refractivity contribution < 1.29 is 9.90 Å². The smallest absolute Gasteiger partial charge is 0.338 e. The number of hydrogen-bond acceptors (Lipinski definition) is 6. The van der Waals surface area contributed by atoms with Gasteiger partial charge in [0.1, 0.15) is 5.04 Å². The Morgan fingerprint density at radius 3 is 2.88 bits per heavy atom. The number of nitrogens with one attached hydrogen (secondary N) is 1. The van der Waals surface area contributed by atoms with Crippen LogP contribution in [-0.2, 0) is 6.54 Å². The van der Waals surface area contributed by atoms with Crippen molar-refractivity contribution in [2.75, 3.05) is 17.5 Å². The fourth-order valence-electron chi connectivity index (χ4n) is 2.38. The van der Waals surface area contributed by atoms with E-state index in [-0.39, 0.29) is 5.56 Å². The number of carboxylic acids is 1. The number of aliphatic imine (C=N–C) groups is 1. The van der Waals surface area contributed by atoms with Gasteiger partial charge < -0.3 is 5.11 Å². The average molecular weight is 359 g/mol. The molecule has 2 heterocycles. The molecule has 0 radical (unpaired) electrons. The summed E-state index contributed by atoms with van der Waals surface area (Å²) < 4.78 is 3.64. The lowest BCUT2D eigenvalue weighted by Crippen LogP contribution is -2.25. The van der Waals surface area contributed by atoms with Crippen LogP contribution in [0.1, 0.15) is 35.7 Å². The van der Waals surface area contributed by atoms with Crippen molar-refractivity contribution in [3.63, 3.8) is 0 Å². The molecule has 1 fully saturated rings. The van der Waals surface area contributed by atoms with E-state index in [1.807, 2.05) is 28.7 Å². The van der Waals surface area contributed by atoms with E-state index in [2.05, 4.69) is 22.4 Å². The maximum Gasteiger partial charge on any atom is 0.338 e. The third-order valence-electron chi connectivity index (χ3n) is 3.77. The molecule has 2 aromatic rings. The molecule has 0 spiro atoms. The van der Waals surface area contributed by atoms with Gasteiger partial charge in [0.2, 0.25) is 0 Å². The number of hydrazine groups is 1. The topological polar surface area (TPSA) is 82.8 Å². The second-order valence-electron chi connectivity index (χ2n) is 5.75. The Bertz CT molecular complexity index is 757. The molecular formula is C17H21N5O2S. The lowest BCUT2D eigenvalue weighted by molar-refractivity contribution is 0.0697. The number of aromatic carboxylic acids is 1. The number of carboxylic acid groups (broad SMARTS) is 1. The molecule has 7 nitrogen and oxygen atoms in total. The van der Waals surface area contributed by atoms with Crippen LogP contribution < -0.4 is 9.84 Å². The first-order valence-corrected chi connectivity index (χ1v) is 9.02. The van der Waals surface area contributed by atoms with Crippen LogP contribution in [0.2, 0.25) is 0 Å². The van der Waals surface area contributed by atoms with Crippen LogP contribution in [0.25, 0.3) is 0 Å². The van der Waals surface area contributed by atoms with Crippen LogP contribution >= 0.6 is 11.9 Å². The van der Waals surface area contributed by atoms with Gasteiger partial charge in [0, 0.05) is 24.7 Å². The molecule has 0 atom stereocenters. The van der Waals surface area contributed by atoms with Gasteiger partial charge in [0.05, 0.1) is 30.5 Å². The van der Waals surface area contributed by atoms with E-state index in [0.717, 1.165) is 42.2 Å². The first-order valence-electron chi connectivity index (χ1n) is 8.25. The van der Waals surface area contributed by atoms with Crippen LogP contribution in [0.4, 0.5) is 5.69 Å². The van der Waals surface area contributed by atoms with E-state index >= 15 is 0 Å². The number of anilines is 1. The van der Waals surface area contributed by atoms with Gasteiger partial charge in [-0.3, -0.25) is 9.67 Å². The standard InChI is InChI=1S/C17H21N5O2S/c1-2-3-8-18-16-10-20-22(25-16)15-6-4-13(5-7-15)11-21-12-14(9-19-21)17(23)24/h4-7,9,12,20H,2-3,8,10-11H2,1H3,(H,23,24). The van der Waals surface area contributed by atoms with E-state index in [1.165, 1.54) is 12.4 Å². The molecule has 1 aromatic heterocycles. The van der Waals surface area contributed by atoms with Crippen LogP contribution in [0.3, 0.4) is 0 Å². The van der Waals surface area contributed by atoms with Crippen molar-refractivity contribution in [3.05, 3.63) is 47.8 Å². The maximum atomic E-state index is 10.9. The van der Waals surface area contributed by atoms with Crippen LogP contribution in [0.5, 0.6) is 0 Å². The zero-order valence-electron chi connectivity index (χ0n) is 14.1. The molecule has 8 heteroatoms. The predicted octanol–water partition coefficient (Wildman–Crippen LogP) is 2.80. The fourth-order valence-corrected chi connectivity index (χ4v) is 3.23. The number of benzene rings is 1. The molecule has 0 amide bonds. The Morgan fingerprint density at radius 1 is 1.40 bits per heavy atom. The summed E-state index contributed by atoms with van der Waals surface area (Å²) in [6.45, 7) is 4.36. The Hall–Kier alpha value is -2.32. The Morgan fingerprint density at radius 2 is 2.20 bits per heavy atom. The van der Waals surface area contributed by atoms with Crippen molar-refractivity contribution in [3.8, 4) is 0 Å². The summed E-state index contributed by atoms with van der Waals surface area (Å²) in [4.78, 5) is 15.5. The largest absolute Gasteiger partial charge is 0.478 e. The van der Waals surface area contributed by atoms with Crippen LogP contribution in [0.15, 0.2) is 41.7 Å². The van der Waals surface area contributed by atoms with E-state index in [4.69, 9.17) is 5.11 Å². The third kappa shape index (κ3) is 4.61. The highest BCUT2D eigenvalue weighted by Crippen LogP contribution is 2.25. The molecule has 0 unspecified atom stereocenters. The van der Waals surface area contributed by atoms with Gasteiger partial charge in [-0.1, -0.05) is 25.5 Å². The van der Waals surface area contributed by atoms with Crippen LogP contribution in [0, 0.1) is 0 Å². The second-order valence-corrected chi connectivity index (χ2v) is 6.77. The Kier molecular flexibility index (Phi) is 5.72. The second kappa shape index (κ2) is 8.17. The highest BCUT2D eigenvalue weighted by atomic mass is 32.2. The molecule has 3 rings (SSSR count).